The largest absolute Gasteiger partial charge is 0.315 e. The molecule has 1 N–H and O–H groups in total. The van der Waals surface area contributed by atoms with Gasteiger partial charge in [0.15, 0.2) is 0 Å². The maximum absolute atomic E-state index is 3.69. The fourth-order valence-corrected chi connectivity index (χ4v) is 4.33. The Balaban J connectivity index is 1.64. The van der Waals surface area contributed by atoms with Crippen LogP contribution < -0.4 is 5.32 Å². The van der Waals surface area contributed by atoms with Crippen molar-refractivity contribution in [1.29, 1.82) is 0 Å². The Morgan fingerprint density at radius 2 is 2.31 bits per heavy atom. The third kappa shape index (κ3) is 3.81. The average molecular weight is 239 g/mol. The fourth-order valence-electron chi connectivity index (χ4n) is 3.10. The van der Waals surface area contributed by atoms with Gasteiger partial charge < -0.3 is 5.32 Å². The Labute approximate surface area is 104 Å². The summed E-state index contributed by atoms with van der Waals surface area (Å²) in [6.45, 7) is 7.10. The van der Waals surface area contributed by atoms with Crippen LogP contribution >= 0.6 is 11.8 Å². The molecule has 0 aromatic carbocycles. The summed E-state index contributed by atoms with van der Waals surface area (Å²) in [6, 6.07) is 0. The van der Waals surface area contributed by atoms with E-state index in [0.29, 0.717) is 0 Å². The first-order valence-electron chi connectivity index (χ1n) is 6.73. The van der Waals surface area contributed by atoms with Crippen LogP contribution in [0.25, 0.3) is 0 Å². The van der Waals surface area contributed by atoms with E-state index in [-0.39, 0.29) is 0 Å². The van der Waals surface area contributed by atoms with Gasteiger partial charge in [0.1, 0.15) is 0 Å². The maximum Gasteiger partial charge on any atom is 0.0172 e. The Hall–Kier alpha value is 0.0500. The molecule has 3 atom stereocenters. The van der Waals surface area contributed by atoms with Crippen LogP contribution in [0.2, 0.25) is 0 Å². The summed E-state index contributed by atoms with van der Waals surface area (Å²) >= 11 is 2.16. The molecule has 1 heterocycles. The molecule has 92 valence electrons. The molecule has 0 bridgehead atoms. The van der Waals surface area contributed by atoms with Crippen LogP contribution in [-0.2, 0) is 0 Å². The molecule has 0 spiro atoms. The highest BCUT2D eigenvalue weighted by molar-refractivity contribution is 8.00. The Morgan fingerprint density at radius 1 is 1.44 bits per heavy atom. The molecule has 0 amide bonds. The summed E-state index contributed by atoms with van der Waals surface area (Å²) in [7, 11) is 0. The van der Waals surface area contributed by atoms with Gasteiger partial charge >= 0.3 is 0 Å². The third-order valence-electron chi connectivity index (χ3n) is 3.71. The Morgan fingerprint density at radius 3 is 3.00 bits per heavy atom. The van der Waals surface area contributed by atoms with Crippen molar-refractivity contribution in [1.82, 2.24) is 5.32 Å². The van der Waals surface area contributed by atoms with Gasteiger partial charge in [-0.2, -0.15) is 11.8 Å². The molecule has 0 saturated carbocycles. The topological polar surface area (TPSA) is 12.0 Å². The van der Waals surface area contributed by atoms with Gasteiger partial charge in [-0.1, -0.05) is 18.6 Å². The van der Waals surface area contributed by atoms with Crippen molar-refractivity contribution in [2.24, 2.45) is 11.8 Å². The van der Waals surface area contributed by atoms with Crippen molar-refractivity contribution in [3.05, 3.63) is 11.6 Å². The van der Waals surface area contributed by atoms with Gasteiger partial charge in [0.25, 0.3) is 0 Å². The average Bonchev–Trinajstić information content (AvgIpc) is 2.69. The van der Waals surface area contributed by atoms with Crippen molar-refractivity contribution >= 4 is 11.8 Å². The molecule has 1 aliphatic carbocycles. The van der Waals surface area contributed by atoms with Gasteiger partial charge in [0.05, 0.1) is 0 Å². The second-order valence-electron chi connectivity index (χ2n) is 5.59. The molecular weight excluding hydrogens is 214 g/mol. The second kappa shape index (κ2) is 6.11. The van der Waals surface area contributed by atoms with Crippen molar-refractivity contribution in [2.75, 3.05) is 18.8 Å². The first kappa shape index (κ1) is 12.5. The van der Waals surface area contributed by atoms with Gasteiger partial charge in [0, 0.05) is 11.8 Å². The van der Waals surface area contributed by atoms with Gasteiger partial charge in [0.2, 0.25) is 0 Å². The molecule has 1 saturated heterocycles. The molecule has 1 nitrogen and oxygen atoms in total. The molecule has 16 heavy (non-hydrogen) atoms. The molecule has 0 aromatic rings. The Bertz CT molecular complexity index is 243. The van der Waals surface area contributed by atoms with E-state index in [1.807, 2.05) is 0 Å². The minimum atomic E-state index is 0.793. The van der Waals surface area contributed by atoms with E-state index in [2.05, 4.69) is 37.0 Å². The maximum atomic E-state index is 3.69. The summed E-state index contributed by atoms with van der Waals surface area (Å²) in [6.07, 6.45) is 8.00. The third-order valence-corrected chi connectivity index (χ3v) is 5.11. The van der Waals surface area contributed by atoms with E-state index in [4.69, 9.17) is 0 Å². The monoisotopic (exact) mass is 239 g/mol. The van der Waals surface area contributed by atoms with Crippen LogP contribution in [0.1, 0.15) is 39.5 Å². The highest BCUT2D eigenvalue weighted by atomic mass is 32.2. The van der Waals surface area contributed by atoms with E-state index < -0.39 is 0 Å². The zero-order chi connectivity index (χ0) is 11.4. The number of hydrogen-bond donors (Lipinski definition) is 1. The van der Waals surface area contributed by atoms with E-state index in [9.17, 15) is 0 Å². The first-order valence-corrected chi connectivity index (χ1v) is 7.78. The number of nitrogens with one attached hydrogen (secondary N) is 1. The number of hydrogen-bond acceptors (Lipinski definition) is 2. The summed E-state index contributed by atoms with van der Waals surface area (Å²) in [5, 5.41) is 4.59. The van der Waals surface area contributed by atoms with Gasteiger partial charge in [-0.15, -0.1) is 0 Å². The molecule has 0 aromatic heterocycles. The molecule has 1 aliphatic heterocycles. The lowest BCUT2D eigenvalue weighted by molar-refractivity contribution is 0.381. The van der Waals surface area contributed by atoms with Crippen LogP contribution in [-0.4, -0.2) is 24.1 Å². The lowest BCUT2D eigenvalue weighted by Gasteiger charge is -2.26. The lowest BCUT2D eigenvalue weighted by atomic mass is 9.84. The minimum Gasteiger partial charge on any atom is -0.315 e. The van der Waals surface area contributed by atoms with Crippen LogP contribution in [0.3, 0.4) is 0 Å². The Kier molecular flexibility index (Phi) is 4.78. The highest BCUT2D eigenvalue weighted by Crippen LogP contribution is 2.28. The van der Waals surface area contributed by atoms with Crippen molar-refractivity contribution in [3.8, 4) is 0 Å². The molecule has 3 unspecified atom stereocenters. The lowest BCUT2D eigenvalue weighted by Crippen LogP contribution is -2.30. The number of thioether (sulfide) groups is 1. The second-order valence-corrected chi connectivity index (χ2v) is 7.00. The summed E-state index contributed by atoms with van der Waals surface area (Å²) in [5.41, 5.74) is 1.60. The smallest absolute Gasteiger partial charge is 0.0172 e. The van der Waals surface area contributed by atoms with E-state index in [0.717, 1.165) is 17.1 Å². The standard InChI is InChI=1S/C14H25NS/c1-11-6-12(2)8-13(7-11)9-15-10-14-4-3-5-16-14/h6,11,13-15H,3-5,7-10H2,1-2H3. The summed E-state index contributed by atoms with van der Waals surface area (Å²) in [5.74, 6) is 3.06. The van der Waals surface area contributed by atoms with E-state index in [1.165, 1.54) is 44.5 Å². The predicted octanol–water partition coefficient (Wildman–Crippen LogP) is 3.46. The minimum absolute atomic E-state index is 0.793. The fraction of sp³-hybridized carbons (Fsp3) is 0.857. The summed E-state index contributed by atoms with van der Waals surface area (Å²) < 4.78 is 0. The quantitative estimate of drug-likeness (QED) is 0.754. The van der Waals surface area contributed by atoms with Gasteiger partial charge in [-0.05, 0) is 56.7 Å². The van der Waals surface area contributed by atoms with Crippen molar-refractivity contribution in [3.63, 3.8) is 0 Å². The highest BCUT2D eigenvalue weighted by Gasteiger charge is 2.19. The van der Waals surface area contributed by atoms with Crippen LogP contribution in [0.15, 0.2) is 11.6 Å². The van der Waals surface area contributed by atoms with Gasteiger partial charge in [-0.25, -0.2) is 0 Å². The summed E-state index contributed by atoms with van der Waals surface area (Å²) in [4.78, 5) is 0. The van der Waals surface area contributed by atoms with Crippen molar-refractivity contribution < 1.29 is 0 Å². The first-order chi connectivity index (χ1) is 7.74. The molecule has 1 fully saturated rings. The normalized spacial score (nSPS) is 35.1. The van der Waals surface area contributed by atoms with Crippen LogP contribution in [0, 0.1) is 11.8 Å². The zero-order valence-electron chi connectivity index (χ0n) is 10.7. The molecule has 2 heteroatoms. The number of allylic oxidation sites excluding steroid dienone is 2. The SMILES string of the molecule is CC1=CC(C)CC(CNCC2CCCS2)C1. The van der Waals surface area contributed by atoms with Crippen LogP contribution in [0.4, 0.5) is 0 Å². The van der Waals surface area contributed by atoms with E-state index in [1.54, 1.807) is 5.57 Å². The van der Waals surface area contributed by atoms with Gasteiger partial charge in [-0.3, -0.25) is 0 Å². The predicted molar refractivity (Wildman–Crippen MR) is 74.0 cm³/mol. The number of rotatable bonds is 4. The molecular formula is C14H25NS. The van der Waals surface area contributed by atoms with E-state index >= 15 is 0 Å². The molecule has 2 rings (SSSR count). The zero-order valence-corrected chi connectivity index (χ0v) is 11.5. The van der Waals surface area contributed by atoms with Crippen LogP contribution in [0.5, 0.6) is 0 Å². The van der Waals surface area contributed by atoms with Crippen molar-refractivity contribution in [2.45, 2.75) is 44.8 Å². The molecule has 2 aliphatic rings. The molecule has 0 radical (unpaired) electrons.